The van der Waals surface area contributed by atoms with Crippen molar-refractivity contribution in [1.29, 1.82) is 0 Å². The number of carbonyl (C=O) groups is 1. The molecule has 1 amide bonds. The molecule has 9 heteroatoms. The summed E-state index contributed by atoms with van der Waals surface area (Å²) in [5.41, 5.74) is 0.432. The number of thioether (sulfide) groups is 1. The highest BCUT2D eigenvalue weighted by Crippen LogP contribution is 2.31. The number of sulfonamides is 1. The number of nitrogens with one attached hydrogen (secondary N) is 1. The van der Waals surface area contributed by atoms with Crippen molar-refractivity contribution in [3.63, 3.8) is 0 Å². The summed E-state index contributed by atoms with van der Waals surface area (Å²) in [6.07, 6.45) is 3.37. The number of fused-ring (bicyclic) bond motifs is 1. The summed E-state index contributed by atoms with van der Waals surface area (Å²) in [6, 6.07) is 12.0. The number of benzene rings is 2. The second-order valence-corrected chi connectivity index (χ2v) is 10.8. The SMILES string of the molecule is CSc1ccc(S(=O)(=O)NC[C@@H]2COc3ccccc3O2)cc1C(=O)N1CCC(C)CC1. The van der Waals surface area contributed by atoms with Gasteiger partial charge < -0.3 is 14.4 Å². The third-order valence-electron chi connectivity index (χ3n) is 5.85. The van der Waals surface area contributed by atoms with Gasteiger partial charge in [-0.25, -0.2) is 13.1 Å². The third-order valence-corrected chi connectivity index (χ3v) is 8.07. The van der Waals surface area contributed by atoms with Gasteiger partial charge in [0.1, 0.15) is 12.7 Å². The van der Waals surface area contributed by atoms with Crippen molar-refractivity contribution < 1.29 is 22.7 Å². The van der Waals surface area contributed by atoms with Crippen LogP contribution in [-0.4, -0.2) is 57.8 Å². The molecule has 0 spiro atoms. The van der Waals surface area contributed by atoms with Gasteiger partial charge in [0.25, 0.3) is 5.91 Å². The van der Waals surface area contributed by atoms with Crippen molar-refractivity contribution >= 4 is 27.7 Å². The Morgan fingerprint density at radius 1 is 1.16 bits per heavy atom. The van der Waals surface area contributed by atoms with Gasteiger partial charge >= 0.3 is 0 Å². The smallest absolute Gasteiger partial charge is 0.255 e. The fourth-order valence-electron chi connectivity index (χ4n) is 3.85. The van der Waals surface area contributed by atoms with Gasteiger partial charge in [0.15, 0.2) is 11.5 Å². The van der Waals surface area contributed by atoms with Crippen LogP contribution in [0.15, 0.2) is 52.3 Å². The highest BCUT2D eigenvalue weighted by molar-refractivity contribution is 7.98. The molecule has 32 heavy (non-hydrogen) atoms. The molecule has 1 fully saturated rings. The Hall–Kier alpha value is -2.23. The van der Waals surface area contributed by atoms with Gasteiger partial charge in [-0.1, -0.05) is 19.1 Å². The zero-order valence-electron chi connectivity index (χ0n) is 18.2. The first-order valence-electron chi connectivity index (χ1n) is 10.7. The monoisotopic (exact) mass is 476 g/mol. The van der Waals surface area contributed by atoms with E-state index in [4.69, 9.17) is 9.47 Å². The van der Waals surface area contributed by atoms with Gasteiger partial charge in [0.2, 0.25) is 10.0 Å². The molecule has 7 nitrogen and oxygen atoms in total. The fraction of sp³-hybridized carbons (Fsp3) is 0.435. The lowest BCUT2D eigenvalue weighted by atomic mass is 9.98. The lowest BCUT2D eigenvalue weighted by Gasteiger charge is -2.31. The largest absolute Gasteiger partial charge is 0.486 e. The standard InChI is InChI=1S/C23H28N2O5S2/c1-16-9-11-25(12-10-16)23(26)19-13-18(7-8-22(19)31-2)32(27,28)24-14-17-15-29-20-5-3-4-6-21(20)30-17/h3-8,13,16-17,24H,9-12,14-15H2,1-2H3/t17-/m1/s1. The molecule has 0 saturated carbocycles. The Morgan fingerprint density at radius 3 is 2.59 bits per heavy atom. The third kappa shape index (κ3) is 5.05. The summed E-state index contributed by atoms with van der Waals surface area (Å²) in [6.45, 7) is 3.90. The van der Waals surface area contributed by atoms with Gasteiger partial charge in [-0.2, -0.15) is 0 Å². The van der Waals surface area contributed by atoms with Crippen LogP contribution in [0.1, 0.15) is 30.1 Å². The van der Waals surface area contributed by atoms with Crippen molar-refractivity contribution in [3.05, 3.63) is 48.0 Å². The number of amides is 1. The Kier molecular flexibility index (Phi) is 6.97. The van der Waals surface area contributed by atoms with E-state index in [1.54, 1.807) is 12.1 Å². The number of rotatable bonds is 6. The van der Waals surface area contributed by atoms with Crippen LogP contribution in [-0.2, 0) is 10.0 Å². The maximum absolute atomic E-state index is 13.1. The van der Waals surface area contributed by atoms with Crippen LogP contribution in [0.3, 0.4) is 0 Å². The molecular formula is C23H28N2O5S2. The molecule has 0 unspecified atom stereocenters. The molecule has 2 heterocycles. The van der Waals surface area contributed by atoms with Gasteiger partial charge in [-0.15, -0.1) is 11.8 Å². The number of likely N-dealkylation sites (tertiary alicyclic amines) is 1. The first kappa shape index (κ1) is 22.9. The number of nitrogens with zero attached hydrogens (tertiary/aromatic N) is 1. The van der Waals surface area contributed by atoms with Gasteiger partial charge in [0.05, 0.1) is 17.0 Å². The van der Waals surface area contributed by atoms with E-state index in [9.17, 15) is 13.2 Å². The Morgan fingerprint density at radius 2 is 1.88 bits per heavy atom. The van der Waals surface area contributed by atoms with Crippen molar-refractivity contribution in [2.45, 2.75) is 35.7 Å². The maximum atomic E-state index is 13.1. The van der Waals surface area contributed by atoms with Crippen molar-refractivity contribution in [2.24, 2.45) is 5.92 Å². The van der Waals surface area contributed by atoms with E-state index in [1.165, 1.54) is 23.9 Å². The molecule has 0 aromatic heterocycles. The molecule has 1 atom stereocenters. The van der Waals surface area contributed by atoms with E-state index in [-0.39, 0.29) is 24.0 Å². The predicted molar refractivity (Wildman–Crippen MR) is 124 cm³/mol. The first-order chi connectivity index (χ1) is 15.4. The average Bonchev–Trinajstić information content (AvgIpc) is 2.82. The number of carbonyl (C=O) groups excluding carboxylic acids is 1. The second kappa shape index (κ2) is 9.72. The normalized spacial score (nSPS) is 19.1. The predicted octanol–water partition coefficient (Wildman–Crippen LogP) is 3.40. The van der Waals surface area contributed by atoms with Gasteiger partial charge in [-0.3, -0.25) is 4.79 Å². The number of ether oxygens (including phenoxy) is 2. The van der Waals surface area contributed by atoms with Crippen LogP contribution < -0.4 is 14.2 Å². The molecule has 0 radical (unpaired) electrons. The molecular weight excluding hydrogens is 448 g/mol. The summed E-state index contributed by atoms with van der Waals surface area (Å²) in [4.78, 5) is 15.8. The minimum atomic E-state index is -3.82. The van der Waals surface area contributed by atoms with Crippen LogP contribution in [0.5, 0.6) is 11.5 Å². The van der Waals surface area contributed by atoms with Crippen LogP contribution >= 0.6 is 11.8 Å². The number of para-hydroxylation sites is 2. The van der Waals surface area contributed by atoms with Crippen LogP contribution in [0.2, 0.25) is 0 Å². The molecule has 4 rings (SSSR count). The van der Waals surface area contributed by atoms with Crippen molar-refractivity contribution in [2.75, 3.05) is 32.5 Å². The molecule has 1 saturated heterocycles. The summed E-state index contributed by atoms with van der Waals surface area (Å²) in [5, 5.41) is 0. The molecule has 2 aliphatic rings. The molecule has 1 N–H and O–H groups in total. The van der Waals surface area contributed by atoms with Crippen molar-refractivity contribution in [3.8, 4) is 11.5 Å². The fourth-order valence-corrected chi connectivity index (χ4v) is 5.52. The Labute approximate surface area is 193 Å². The number of piperidine rings is 1. The highest BCUT2D eigenvalue weighted by Gasteiger charge is 2.27. The van der Waals surface area contributed by atoms with E-state index in [0.717, 1.165) is 17.7 Å². The molecule has 0 bridgehead atoms. The minimum Gasteiger partial charge on any atom is -0.486 e. The minimum absolute atomic E-state index is 0.0637. The summed E-state index contributed by atoms with van der Waals surface area (Å²) in [7, 11) is -3.82. The Balaban J connectivity index is 1.47. The van der Waals surface area contributed by atoms with E-state index in [2.05, 4.69) is 11.6 Å². The zero-order valence-corrected chi connectivity index (χ0v) is 19.9. The van der Waals surface area contributed by atoms with Crippen LogP contribution in [0, 0.1) is 5.92 Å². The molecule has 2 aromatic rings. The molecule has 2 aliphatic heterocycles. The zero-order chi connectivity index (χ0) is 22.7. The van der Waals surface area contributed by atoms with Crippen LogP contribution in [0.4, 0.5) is 0 Å². The van der Waals surface area contributed by atoms with Crippen LogP contribution in [0.25, 0.3) is 0 Å². The molecule has 172 valence electrons. The highest BCUT2D eigenvalue weighted by atomic mass is 32.2. The second-order valence-electron chi connectivity index (χ2n) is 8.19. The first-order valence-corrected chi connectivity index (χ1v) is 13.4. The van der Waals surface area contributed by atoms with E-state index >= 15 is 0 Å². The lowest BCUT2D eigenvalue weighted by Crippen LogP contribution is -2.41. The summed E-state index contributed by atoms with van der Waals surface area (Å²) < 4.78 is 40.0. The number of hydrogen-bond acceptors (Lipinski definition) is 6. The topological polar surface area (TPSA) is 84.9 Å². The Bertz CT molecular complexity index is 1080. The van der Waals surface area contributed by atoms with Gasteiger partial charge in [-0.05, 0) is 55.3 Å². The maximum Gasteiger partial charge on any atom is 0.255 e. The molecule has 0 aliphatic carbocycles. The molecule has 2 aromatic carbocycles. The van der Waals surface area contributed by atoms with E-state index in [1.807, 2.05) is 29.4 Å². The number of hydrogen-bond donors (Lipinski definition) is 1. The quantitative estimate of drug-likeness (QED) is 0.644. The van der Waals surface area contributed by atoms with E-state index in [0.29, 0.717) is 36.1 Å². The van der Waals surface area contributed by atoms with Gasteiger partial charge in [0, 0.05) is 18.0 Å². The summed E-state index contributed by atoms with van der Waals surface area (Å²) >= 11 is 1.44. The average molecular weight is 477 g/mol. The van der Waals surface area contributed by atoms with E-state index < -0.39 is 16.1 Å². The van der Waals surface area contributed by atoms with Crippen molar-refractivity contribution in [1.82, 2.24) is 9.62 Å². The lowest BCUT2D eigenvalue weighted by molar-refractivity contribution is 0.0693. The summed E-state index contributed by atoms with van der Waals surface area (Å²) in [5.74, 6) is 1.73.